The van der Waals surface area contributed by atoms with E-state index in [0.717, 1.165) is 6.42 Å². The number of nitrogens with zero attached hydrogens (tertiary/aromatic N) is 1. The van der Waals surface area contributed by atoms with Gasteiger partial charge in [0.05, 0.1) is 6.10 Å². The third-order valence-corrected chi connectivity index (χ3v) is 3.57. The number of carbonyl (C=O) groups excluding carboxylic acids is 2. The molecule has 1 aliphatic heterocycles. The molecule has 0 aromatic heterocycles. The normalized spacial score (nSPS) is 21.3. The van der Waals surface area contributed by atoms with Crippen LogP contribution in [0.25, 0.3) is 0 Å². The zero-order chi connectivity index (χ0) is 15.8. The molecule has 0 aromatic rings. The number of hydrogen-bond acceptors (Lipinski definition) is 4. The summed E-state index contributed by atoms with van der Waals surface area (Å²) in [5.74, 6) is -1.32. The second kappa shape index (κ2) is 8.61. The maximum absolute atomic E-state index is 12.1. The van der Waals surface area contributed by atoms with Crippen LogP contribution in [0.2, 0.25) is 0 Å². The SMILES string of the molecule is CCCNC(=O)CCCC(=O)N1CC(OC)CC1C(=O)O. The Balaban J connectivity index is 2.40. The molecule has 0 aliphatic carbocycles. The lowest BCUT2D eigenvalue weighted by Crippen LogP contribution is -2.40. The highest BCUT2D eigenvalue weighted by molar-refractivity contribution is 5.85. The molecule has 2 amide bonds. The van der Waals surface area contributed by atoms with Gasteiger partial charge in [0.1, 0.15) is 6.04 Å². The molecule has 0 radical (unpaired) electrons. The Hall–Kier alpha value is -1.63. The predicted molar refractivity (Wildman–Crippen MR) is 75.7 cm³/mol. The number of aliphatic carboxylic acids is 1. The minimum Gasteiger partial charge on any atom is -0.480 e. The van der Waals surface area contributed by atoms with E-state index in [1.807, 2.05) is 6.92 Å². The van der Waals surface area contributed by atoms with E-state index in [1.54, 1.807) is 0 Å². The van der Waals surface area contributed by atoms with Crippen molar-refractivity contribution in [3.05, 3.63) is 0 Å². The maximum Gasteiger partial charge on any atom is 0.326 e. The number of carboxylic acids is 1. The smallest absolute Gasteiger partial charge is 0.326 e. The number of carboxylic acid groups (broad SMARTS) is 1. The quantitative estimate of drug-likeness (QED) is 0.676. The Kier molecular flexibility index (Phi) is 7.14. The van der Waals surface area contributed by atoms with Gasteiger partial charge in [-0.1, -0.05) is 6.92 Å². The second-order valence-electron chi connectivity index (χ2n) is 5.20. The molecule has 7 nitrogen and oxygen atoms in total. The van der Waals surface area contributed by atoms with Crippen LogP contribution in [0.4, 0.5) is 0 Å². The van der Waals surface area contributed by atoms with Gasteiger partial charge in [-0.25, -0.2) is 4.79 Å². The lowest BCUT2D eigenvalue weighted by molar-refractivity contribution is -0.148. The van der Waals surface area contributed by atoms with Gasteiger partial charge < -0.3 is 20.1 Å². The Labute approximate surface area is 124 Å². The number of rotatable bonds is 8. The van der Waals surface area contributed by atoms with Crippen LogP contribution in [0.15, 0.2) is 0 Å². The fourth-order valence-electron chi connectivity index (χ4n) is 2.37. The number of carbonyl (C=O) groups is 3. The van der Waals surface area contributed by atoms with E-state index in [0.29, 0.717) is 25.9 Å². The molecule has 2 atom stereocenters. The highest BCUT2D eigenvalue weighted by atomic mass is 16.5. The third kappa shape index (κ3) is 5.34. The first-order valence-corrected chi connectivity index (χ1v) is 7.31. The zero-order valence-electron chi connectivity index (χ0n) is 12.6. The summed E-state index contributed by atoms with van der Waals surface area (Å²) in [5.41, 5.74) is 0. The van der Waals surface area contributed by atoms with Gasteiger partial charge in [-0.15, -0.1) is 0 Å². The van der Waals surface area contributed by atoms with E-state index in [2.05, 4.69) is 5.32 Å². The van der Waals surface area contributed by atoms with Crippen molar-refractivity contribution >= 4 is 17.8 Å². The standard InChI is InChI=1S/C14H24N2O5/c1-3-7-15-12(17)5-4-6-13(18)16-9-10(21-2)8-11(16)14(19)20/h10-11H,3-9H2,1-2H3,(H,15,17)(H,19,20). The minimum absolute atomic E-state index is 0.0735. The molecule has 1 heterocycles. The summed E-state index contributed by atoms with van der Waals surface area (Å²) < 4.78 is 5.14. The largest absolute Gasteiger partial charge is 0.480 e. The summed E-state index contributed by atoms with van der Waals surface area (Å²) in [4.78, 5) is 36.0. The first-order valence-electron chi connectivity index (χ1n) is 7.31. The van der Waals surface area contributed by atoms with Crippen LogP contribution in [-0.4, -0.2) is 60.1 Å². The Morgan fingerprint density at radius 2 is 2.05 bits per heavy atom. The highest BCUT2D eigenvalue weighted by Crippen LogP contribution is 2.21. The van der Waals surface area contributed by atoms with E-state index in [-0.39, 0.29) is 30.8 Å². The monoisotopic (exact) mass is 300 g/mol. The van der Waals surface area contributed by atoms with Crippen molar-refractivity contribution in [2.75, 3.05) is 20.2 Å². The van der Waals surface area contributed by atoms with Crippen molar-refractivity contribution < 1.29 is 24.2 Å². The number of nitrogens with one attached hydrogen (secondary N) is 1. The molecule has 21 heavy (non-hydrogen) atoms. The molecule has 2 unspecified atom stereocenters. The van der Waals surface area contributed by atoms with Gasteiger partial charge in [-0.2, -0.15) is 0 Å². The average molecular weight is 300 g/mol. The number of ether oxygens (including phenoxy) is 1. The van der Waals surface area contributed by atoms with E-state index < -0.39 is 12.0 Å². The van der Waals surface area contributed by atoms with Crippen LogP contribution in [0.5, 0.6) is 0 Å². The molecule has 0 spiro atoms. The fourth-order valence-corrected chi connectivity index (χ4v) is 2.37. The van der Waals surface area contributed by atoms with Gasteiger partial charge in [0.25, 0.3) is 0 Å². The van der Waals surface area contributed by atoms with E-state index in [9.17, 15) is 14.4 Å². The molecule has 1 saturated heterocycles. The van der Waals surface area contributed by atoms with E-state index in [1.165, 1.54) is 12.0 Å². The molecule has 0 aromatic carbocycles. The molecule has 1 rings (SSSR count). The molecule has 7 heteroatoms. The van der Waals surface area contributed by atoms with Crippen molar-refractivity contribution in [2.24, 2.45) is 0 Å². The number of hydrogen-bond donors (Lipinski definition) is 2. The van der Waals surface area contributed by atoms with Gasteiger partial charge in [0, 0.05) is 39.5 Å². The first-order chi connectivity index (χ1) is 9.99. The molecule has 1 fully saturated rings. The number of amides is 2. The Bertz CT molecular complexity index is 386. The van der Waals surface area contributed by atoms with Gasteiger partial charge in [-0.3, -0.25) is 9.59 Å². The van der Waals surface area contributed by atoms with Crippen LogP contribution in [0, 0.1) is 0 Å². The summed E-state index contributed by atoms with van der Waals surface area (Å²) in [6.07, 6.45) is 1.84. The van der Waals surface area contributed by atoms with Gasteiger partial charge >= 0.3 is 5.97 Å². The lowest BCUT2D eigenvalue weighted by Gasteiger charge is -2.21. The average Bonchev–Trinajstić information content (AvgIpc) is 2.89. The minimum atomic E-state index is -1.01. The van der Waals surface area contributed by atoms with Crippen molar-refractivity contribution in [3.63, 3.8) is 0 Å². The van der Waals surface area contributed by atoms with Crippen LogP contribution >= 0.6 is 0 Å². The van der Waals surface area contributed by atoms with Crippen molar-refractivity contribution in [1.82, 2.24) is 10.2 Å². The highest BCUT2D eigenvalue weighted by Gasteiger charge is 2.39. The fraction of sp³-hybridized carbons (Fsp3) is 0.786. The van der Waals surface area contributed by atoms with Crippen LogP contribution in [-0.2, 0) is 19.1 Å². The summed E-state index contributed by atoms with van der Waals surface area (Å²) in [5, 5.41) is 11.9. The summed E-state index contributed by atoms with van der Waals surface area (Å²) in [6, 6.07) is -0.823. The molecular weight excluding hydrogens is 276 g/mol. The lowest BCUT2D eigenvalue weighted by atomic mass is 10.2. The molecule has 2 N–H and O–H groups in total. The van der Waals surface area contributed by atoms with Gasteiger partial charge in [-0.05, 0) is 12.8 Å². The number of likely N-dealkylation sites (tertiary alicyclic amines) is 1. The molecular formula is C14H24N2O5. The van der Waals surface area contributed by atoms with E-state index in [4.69, 9.17) is 9.84 Å². The topological polar surface area (TPSA) is 95.9 Å². The number of methoxy groups -OCH3 is 1. The van der Waals surface area contributed by atoms with Crippen LogP contribution in [0.3, 0.4) is 0 Å². The van der Waals surface area contributed by atoms with Crippen LogP contribution < -0.4 is 5.32 Å². The Morgan fingerprint density at radius 3 is 2.62 bits per heavy atom. The molecule has 120 valence electrons. The zero-order valence-corrected chi connectivity index (χ0v) is 12.6. The summed E-state index contributed by atoms with van der Waals surface area (Å²) in [7, 11) is 1.51. The van der Waals surface area contributed by atoms with Crippen LogP contribution in [0.1, 0.15) is 39.0 Å². The predicted octanol–water partition coefficient (Wildman–Crippen LogP) is 0.383. The second-order valence-corrected chi connectivity index (χ2v) is 5.20. The molecule has 0 bridgehead atoms. The van der Waals surface area contributed by atoms with Gasteiger partial charge in [0.15, 0.2) is 0 Å². The van der Waals surface area contributed by atoms with E-state index >= 15 is 0 Å². The maximum atomic E-state index is 12.1. The first kappa shape index (κ1) is 17.4. The van der Waals surface area contributed by atoms with Crippen molar-refractivity contribution in [2.45, 2.75) is 51.2 Å². The third-order valence-electron chi connectivity index (χ3n) is 3.57. The van der Waals surface area contributed by atoms with Crippen molar-refractivity contribution in [3.8, 4) is 0 Å². The Morgan fingerprint density at radius 1 is 1.33 bits per heavy atom. The summed E-state index contributed by atoms with van der Waals surface area (Å²) in [6.45, 7) is 2.90. The van der Waals surface area contributed by atoms with Crippen molar-refractivity contribution in [1.29, 1.82) is 0 Å². The molecule has 0 saturated carbocycles. The molecule has 1 aliphatic rings. The summed E-state index contributed by atoms with van der Waals surface area (Å²) >= 11 is 0. The van der Waals surface area contributed by atoms with Gasteiger partial charge in [0.2, 0.25) is 11.8 Å².